The molecule has 0 heterocycles. The number of carbonyl (C=O) groups is 1. The van der Waals surface area contributed by atoms with E-state index in [4.69, 9.17) is 14.2 Å². The van der Waals surface area contributed by atoms with Crippen LogP contribution in [0.15, 0.2) is 71.6 Å². The molecule has 3 aromatic carbocycles. The molecule has 0 radical (unpaired) electrons. The van der Waals surface area contributed by atoms with Crippen molar-refractivity contribution >= 4 is 15.9 Å². The fraction of sp³-hybridized carbons (Fsp3) is 0.240. The molecular weight excluding hydrogens is 475 g/mol. The first-order chi connectivity index (χ1) is 16.8. The first-order valence-electron chi connectivity index (χ1n) is 10.7. The average molecular weight is 503 g/mol. The summed E-state index contributed by atoms with van der Waals surface area (Å²) >= 11 is 0. The van der Waals surface area contributed by atoms with Gasteiger partial charge in [-0.15, -0.1) is 0 Å². The van der Waals surface area contributed by atoms with Crippen LogP contribution in [0.25, 0.3) is 0 Å². The molecule has 10 heteroatoms. The summed E-state index contributed by atoms with van der Waals surface area (Å²) in [7, 11) is 0.337. The lowest BCUT2D eigenvalue weighted by molar-refractivity contribution is -0.121. The Morgan fingerprint density at radius 3 is 2.31 bits per heavy atom. The molecule has 0 spiro atoms. The van der Waals surface area contributed by atoms with Crippen molar-refractivity contribution in [2.45, 2.75) is 23.9 Å². The normalized spacial score (nSPS) is 12.0. The van der Waals surface area contributed by atoms with E-state index in [0.29, 0.717) is 22.8 Å². The summed E-state index contributed by atoms with van der Waals surface area (Å²) in [6.45, 7) is 0.225. The van der Waals surface area contributed by atoms with Gasteiger partial charge < -0.3 is 19.5 Å². The van der Waals surface area contributed by atoms with Gasteiger partial charge in [-0.05, 0) is 48.0 Å². The molecule has 3 aromatic rings. The molecule has 0 aliphatic heterocycles. The number of rotatable bonds is 11. The van der Waals surface area contributed by atoms with Crippen molar-refractivity contribution in [3.8, 4) is 17.2 Å². The first-order valence-corrected chi connectivity index (χ1v) is 12.1. The van der Waals surface area contributed by atoms with Gasteiger partial charge in [0.25, 0.3) is 0 Å². The van der Waals surface area contributed by atoms with Gasteiger partial charge in [-0.2, -0.15) is 0 Å². The zero-order valence-corrected chi connectivity index (χ0v) is 20.4. The van der Waals surface area contributed by atoms with E-state index in [9.17, 15) is 17.6 Å². The molecular formula is C25H27FN2O6S. The van der Waals surface area contributed by atoms with Gasteiger partial charge in [0.2, 0.25) is 15.9 Å². The third-order valence-electron chi connectivity index (χ3n) is 5.24. The Labute approximate surface area is 204 Å². The van der Waals surface area contributed by atoms with Gasteiger partial charge >= 0.3 is 0 Å². The highest BCUT2D eigenvalue weighted by Crippen LogP contribution is 2.36. The first kappa shape index (κ1) is 26.0. The highest BCUT2D eigenvalue weighted by Gasteiger charge is 2.27. The van der Waals surface area contributed by atoms with E-state index in [1.54, 1.807) is 43.5 Å². The summed E-state index contributed by atoms with van der Waals surface area (Å²) in [6, 6.07) is 15.6. The third-order valence-corrected chi connectivity index (χ3v) is 6.73. The number of para-hydroxylation sites is 1. The van der Waals surface area contributed by atoms with Gasteiger partial charge in [0.1, 0.15) is 11.6 Å². The van der Waals surface area contributed by atoms with Gasteiger partial charge in [-0.25, -0.2) is 17.5 Å². The van der Waals surface area contributed by atoms with Crippen molar-refractivity contribution in [2.24, 2.45) is 0 Å². The second-order valence-corrected chi connectivity index (χ2v) is 9.26. The van der Waals surface area contributed by atoms with Crippen LogP contribution < -0.4 is 24.2 Å². The number of halogens is 1. The van der Waals surface area contributed by atoms with Crippen LogP contribution in [0.1, 0.15) is 23.6 Å². The lowest BCUT2D eigenvalue weighted by Gasteiger charge is -2.22. The molecule has 1 unspecified atom stereocenters. The Hall–Kier alpha value is -3.63. The second kappa shape index (κ2) is 11.7. The molecule has 0 saturated heterocycles. The zero-order valence-electron chi connectivity index (χ0n) is 19.6. The lowest BCUT2D eigenvalue weighted by Crippen LogP contribution is -2.34. The van der Waals surface area contributed by atoms with Crippen LogP contribution >= 0.6 is 0 Å². The number of hydrogen-bond acceptors (Lipinski definition) is 6. The Morgan fingerprint density at radius 2 is 1.66 bits per heavy atom. The van der Waals surface area contributed by atoms with Gasteiger partial charge in [0, 0.05) is 18.5 Å². The van der Waals surface area contributed by atoms with Crippen molar-refractivity contribution in [1.29, 1.82) is 0 Å². The summed E-state index contributed by atoms with van der Waals surface area (Å²) in [5, 5.41) is 2.80. The zero-order chi connectivity index (χ0) is 25.4. The maximum absolute atomic E-state index is 13.3. The average Bonchev–Trinajstić information content (AvgIpc) is 2.86. The van der Waals surface area contributed by atoms with Crippen molar-refractivity contribution in [3.63, 3.8) is 0 Å². The molecule has 35 heavy (non-hydrogen) atoms. The summed E-state index contributed by atoms with van der Waals surface area (Å²) in [5.41, 5.74) is 1.23. The maximum atomic E-state index is 13.3. The van der Waals surface area contributed by atoms with Gasteiger partial charge in [-0.3, -0.25) is 4.79 Å². The summed E-state index contributed by atoms with van der Waals surface area (Å²) in [4.78, 5) is 12.7. The minimum Gasteiger partial charge on any atom is -0.497 e. The largest absolute Gasteiger partial charge is 0.497 e. The van der Waals surface area contributed by atoms with Crippen molar-refractivity contribution < 1.29 is 31.8 Å². The van der Waals surface area contributed by atoms with E-state index in [1.807, 2.05) is 6.07 Å². The number of ether oxygens (including phenoxy) is 3. The van der Waals surface area contributed by atoms with E-state index in [2.05, 4.69) is 10.0 Å². The van der Waals surface area contributed by atoms with Crippen molar-refractivity contribution in [1.82, 2.24) is 10.0 Å². The van der Waals surface area contributed by atoms with E-state index < -0.39 is 27.8 Å². The minimum atomic E-state index is -4.10. The molecule has 1 atom stereocenters. The second-order valence-electron chi connectivity index (χ2n) is 7.54. The molecule has 0 aromatic heterocycles. The van der Waals surface area contributed by atoms with Gasteiger partial charge in [0.15, 0.2) is 11.5 Å². The molecule has 1 amide bonds. The molecule has 0 saturated carbocycles. The molecule has 0 aliphatic rings. The lowest BCUT2D eigenvalue weighted by atomic mass is 10.0. The Bertz CT molecular complexity index is 1270. The van der Waals surface area contributed by atoms with Crippen LogP contribution in [-0.4, -0.2) is 35.7 Å². The molecule has 3 rings (SSSR count). The standard InChI is InChI=1S/C25H27FN2O6S/c1-32-19-7-4-6-17(14-19)16-27-24(29)15-22(21-8-5-9-23(33-2)25(21)34-3)28-35(30,31)20-12-10-18(26)11-13-20/h4-14,22,28H,15-16H2,1-3H3,(H,27,29). The van der Waals surface area contributed by atoms with Crippen LogP contribution in [0.5, 0.6) is 17.2 Å². The van der Waals surface area contributed by atoms with Crippen LogP contribution in [0.3, 0.4) is 0 Å². The number of nitrogens with one attached hydrogen (secondary N) is 2. The van der Waals surface area contributed by atoms with Crippen LogP contribution in [0.2, 0.25) is 0 Å². The predicted molar refractivity (Wildman–Crippen MR) is 128 cm³/mol. The Kier molecular flexibility index (Phi) is 8.67. The quantitative estimate of drug-likeness (QED) is 0.416. The summed E-state index contributed by atoms with van der Waals surface area (Å²) in [5.74, 6) is 0.370. The number of carbonyl (C=O) groups excluding carboxylic acids is 1. The van der Waals surface area contributed by atoms with Crippen LogP contribution in [-0.2, 0) is 21.4 Å². The van der Waals surface area contributed by atoms with E-state index in [0.717, 1.165) is 29.8 Å². The van der Waals surface area contributed by atoms with E-state index >= 15 is 0 Å². The number of sulfonamides is 1. The molecule has 0 aliphatic carbocycles. The molecule has 2 N–H and O–H groups in total. The fourth-order valence-corrected chi connectivity index (χ4v) is 4.73. The minimum absolute atomic E-state index is 0.137. The fourth-order valence-electron chi connectivity index (χ4n) is 3.51. The highest BCUT2D eigenvalue weighted by atomic mass is 32.2. The summed E-state index contributed by atoms with van der Waals surface area (Å²) < 4.78 is 58.0. The number of hydrogen-bond donors (Lipinski definition) is 2. The van der Waals surface area contributed by atoms with Crippen LogP contribution in [0.4, 0.5) is 4.39 Å². The van der Waals surface area contributed by atoms with Gasteiger partial charge in [-0.1, -0.05) is 24.3 Å². The van der Waals surface area contributed by atoms with Crippen molar-refractivity contribution in [3.05, 3.63) is 83.7 Å². The van der Waals surface area contributed by atoms with Crippen LogP contribution in [0, 0.1) is 5.82 Å². The molecule has 0 fully saturated rings. The van der Waals surface area contributed by atoms with Gasteiger partial charge in [0.05, 0.1) is 32.3 Å². The van der Waals surface area contributed by atoms with E-state index in [-0.39, 0.29) is 17.9 Å². The third kappa shape index (κ3) is 6.71. The number of amides is 1. The monoisotopic (exact) mass is 502 g/mol. The maximum Gasteiger partial charge on any atom is 0.241 e. The number of methoxy groups -OCH3 is 3. The topological polar surface area (TPSA) is 103 Å². The SMILES string of the molecule is COc1cccc(CNC(=O)CC(NS(=O)(=O)c2ccc(F)cc2)c2cccc(OC)c2OC)c1. The highest BCUT2D eigenvalue weighted by molar-refractivity contribution is 7.89. The predicted octanol–water partition coefficient (Wildman–Crippen LogP) is 3.58. The Morgan fingerprint density at radius 1 is 0.943 bits per heavy atom. The Balaban J connectivity index is 1.88. The summed E-state index contributed by atoms with van der Waals surface area (Å²) in [6.07, 6.45) is -0.228. The molecule has 0 bridgehead atoms. The molecule has 8 nitrogen and oxygen atoms in total. The van der Waals surface area contributed by atoms with Crippen molar-refractivity contribution in [2.75, 3.05) is 21.3 Å². The number of benzene rings is 3. The smallest absolute Gasteiger partial charge is 0.241 e. The van der Waals surface area contributed by atoms with E-state index in [1.165, 1.54) is 14.2 Å². The molecule has 186 valence electrons.